The summed E-state index contributed by atoms with van der Waals surface area (Å²) < 4.78 is 4.01. The maximum Gasteiger partial charge on any atom is 0.257 e. The van der Waals surface area contributed by atoms with E-state index in [0.29, 0.717) is 16.5 Å². The van der Waals surface area contributed by atoms with Crippen LogP contribution in [0.1, 0.15) is 27.3 Å². The molecule has 5 nitrogen and oxygen atoms in total. The zero-order valence-corrected chi connectivity index (χ0v) is 11.9. The smallest absolute Gasteiger partial charge is 0.257 e. The number of aryl methyl sites for hydroxylation is 1. The van der Waals surface area contributed by atoms with Gasteiger partial charge in [-0.15, -0.1) is 0 Å². The molecule has 0 saturated carbocycles. The van der Waals surface area contributed by atoms with Crippen LogP contribution in [0.4, 0.5) is 5.13 Å². The summed E-state index contributed by atoms with van der Waals surface area (Å²) >= 11 is 1.14. The molecule has 1 aromatic carbocycles. The third-order valence-corrected chi connectivity index (χ3v) is 3.35. The summed E-state index contributed by atoms with van der Waals surface area (Å²) in [5.74, 6) is 5.78. The lowest BCUT2D eigenvalue weighted by molar-refractivity contribution is 0.102. The summed E-state index contributed by atoms with van der Waals surface area (Å²) in [5.41, 5.74) is 2.02. The molecule has 0 atom stereocenters. The molecule has 2 rings (SSSR count). The van der Waals surface area contributed by atoms with E-state index < -0.39 is 0 Å². The number of aliphatic hydroxyl groups excluding tert-OH is 1. The van der Waals surface area contributed by atoms with Gasteiger partial charge in [0.05, 0.1) is 0 Å². The summed E-state index contributed by atoms with van der Waals surface area (Å²) in [7, 11) is 0. The van der Waals surface area contributed by atoms with E-state index in [1.807, 2.05) is 13.0 Å². The van der Waals surface area contributed by atoms with Gasteiger partial charge in [0.1, 0.15) is 12.4 Å². The van der Waals surface area contributed by atoms with Crippen molar-refractivity contribution in [1.29, 1.82) is 0 Å². The van der Waals surface area contributed by atoms with Crippen LogP contribution in [0.25, 0.3) is 0 Å². The third-order valence-electron chi connectivity index (χ3n) is 2.63. The van der Waals surface area contributed by atoms with Crippen molar-refractivity contribution in [2.45, 2.75) is 13.8 Å². The van der Waals surface area contributed by atoms with Crippen molar-refractivity contribution in [3.8, 4) is 11.8 Å². The van der Waals surface area contributed by atoms with E-state index in [9.17, 15) is 4.79 Å². The van der Waals surface area contributed by atoms with E-state index in [2.05, 4.69) is 26.5 Å². The van der Waals surface area contributed by atoms with Crippen LogP contribution in [0.3, 0.4) is 0 Å². The van der Waals surface area contributed by atoms with Crippen LogP contribution >= 0.6 is 11.5 Å². The Balaban J connectivity index is 2.26. The van der Waals surface area contributed by atoms with Gasteiger partial charge in [-0.3, -0.25) is 10.1 Å². The van der Waals surface area contributed by atoms with E-state index in [-0.39, 0.29) is 12.5 Å². The minimum absolute atomic E-state index is 0.208. The molecule has 0 bridgehead atoms. The summed E-state index contributed by atoms with van der Waals surface area (Å²) in [6.45, 7) is 3.38. The van der Waals surface area contributed by atoms with Crippen molar-refractivity contribution in [2.24, 2.45) is 0 Å². The minimum Gasteiger partial charge on any atom is -0.384 e. The number of carbonyl (C=O) groups is 1. The van der Waals surface area contributed by atoms with Crippen molar-refractivity contribution in [1.82, 2.24) is 9.36 Å². The van der Waals surface area contributed by atoms with Crippen molar-refractivity contribution < 1.29 is 9.90 Å². The molecular formula is C14H13N3O2S. The first-order chi connectivity index (χ1) is 9.61. The molecule has 0 aliphatic carbocycles. The summed E-state index contributed by atoms with van der Waals surface area (Å²) in [4.78, 5) is 16.3. The quantitative estimate of drug-likeness (QED) is 0.825. The molecule has 0 fully saturated rings. The Morgan fingerprint density at radius 1 is 1.45 bits per heavy atom. The second-order valence-electron chi connectivity index (χ2n) is 4.04. The molecule has 0 aliphatic heterocycles. The number of aliphatic hydroxyl groups is 1. The molecule has 0 aliphatic rings. The van der Waals surface area contributed by atoms with Crippen LogP contribution in [0.2, 0.25) is 0 Å². The number of hydrogen-bond donors (Lipinski definition) is 2. The number of aromatic nitrogens is 2. The lowest BCUT2D eigenvalue weighted by Gasteiger charge is -2.06. The number of anilines is 1. The molecule has 1 amide bonds. The number of hydrogen-bond acceptors (Lipinski definition) is 5. The Kier molecular flexibility index (Phi) is 4.45. The standard InChI is InChI=1S/C14H13N3O2S/c1-9-11(6-4-8-18)5-3-7-12(9)13(19)16-14-15-10(2)17-20-14/h3,5,7,18H,8H2,1-2H3,(H,15,16,17,19). The zero-order chi connectivity index (χ0) is 14.5. The van der Waals surface area contributed by atoms with Crippen molar-refractivity contribution in [3.05, 3.63) is 40.7 Å². The van der Waals surface area contributed by atoms with Crippen LogP contribution in [-0.4, -0.2) is 27.0 Å². The molecule has 1 heterocycles. The van der Waals surface area contributed by atoms with Crippen LogP contribution < -0.4 is 5.32 Å². The Morgan fingerprint density at radius 3 is 2.90 bits per heavy atom. The van der Waals surface area contributed by atoms with Crippen LogP contribution in [0.15, 0.2) is 18.2 Å². The SMILES string of the molecule is Cc1nsc(NC(=O)c2cccc(C#CCO)c2C)n1. The van der Waals surface area contributed by atoms with Crippen molar-refractivity contribution in [2.75, 3.05) is 11.9 Å². The fourth-order valence-electron chi connectivity index (χ4n) is 1.66. The lowest BCUT2D eigenvalue weighted by atomic mass is 10.0. The molecule has 0 unspecified atom stereocenters. The molecule has 0 radical (unpaired) electrons. The first kappa shape index (κ1) is 14.2. The van der Waals surface area contributed by atoms with E-state index in [1.54, 1.807) is 19.1 Å². The van der Waals surface area contributed by atoms with Crippen molar-refractivity contribution in [3.63, 3.8) is 0 Å². The van der Waals surface area contributed by atoms with Crippen LogP contribution in [-0.2, 0) is 0 Å². The number of nitrogens with one attached hydrogen (secondary N) is 1. The van der Waals surface area contributed by atoms with E-state index >= 15 is 0 Å². The molecular weight excluding hydrogens is 274 g/mol. The van der Waals surface area contributed by atoms with Crippen LogP contribution in [0, 0.1) is 25.7 Å². The molecule has 1 aromatic heterocycles. The van der Waals surface area contributed by atoms with Gasteiger partial charge in [0, 0.05) is 22.7 Å². The van der Waals surface area contributed by atoms with Gasteiger partial charge in [-0.05, 0) is 31.5 Å². The fraction of sp³-hybridized carbons (Fsp3) is 0.214. The van der Waals surface area contributed by atoms with Gasteiger partial charge in [0.2, 0.25) is 5.13 Å². The van der Waals surface area contributed by atoms with Gasteiger partial charge >= 0.3 is 0 Å². The monoisotopic (exact) mass is 287 g/mol. The lowest BCUT2D eigenvalue weighted by Crippen LogP contribution is -2.13. The first-order valence-electron chi connectivity index (χ1n) is 5.93. The highest BCUT2D eigenvalue weighted by Gasteiger charge is 2.12. The molecule has 2 N–H and O–H groups in total. The number of nitrogens with zero attached hydrogens (tertiary/aromatic N) is 2. The average Bonchev–Trinajstić information content (AvgIpc) is 2.83. The zero-order valence-electron chi connectivity index (χ0n) is 11.1. The minimum atomic E-state index is -0.244. The molecule has 20 heavy (non-hydrogen) atoms. The second kappa shape index (κ2) is 6.28. The van der Waals surface area contributed by atoms with Gasteiger partial charge in [0.25, 0.3) is 5.91 Å². The van der Waals surface area contributed by atoms with E-state index in [4.69, 9.17) is 5.11 Å². The van der Waals surface area contributed by atoms with E-state index in [1.165, 1.54) is 0 Å². The molecule has 6 heteroatoms. The Hall–Kier alpha value is -2.23. The first-order valence-corrected chi connectivity index (χ1v) is 6.70. The van der Waals surface area contributed by atoms with Crippen molar-refractivity contribution >= 4 is 22.6 Å². The predicted molar refractivity (Wildman–Crippen MR) is 77.7 cm³/mol. The van der Waals surface area contributed by atoms with Gasteiger partial charge in [-0.1, -0.05) is 17.9 Å². The highest BCUT2D eigenvalue weighted by atomic mass is 32.1. The van der Waals surface area contributed by atoms with Gasteiger partial charge in [0.15, 0.2) is 0 Å². The Labute approximate surface area is 120 Å². The average molecular weight is 287 g/mol. The van der Waals surface area contributed by atoms with Gasteiger partial charge in [-0.2, -0.15) is 4.37 Å². The molecule has 0 saturated heterocycles. The largest absolute Gasteiger partial charge is 0.384 e. The van der Waals surface area contributed by atoms with E-state index in [0.717, 1.165) is 22.7 Å². The Morgan fingerprint density at radius 2 is 2.25 bits per heavy atom. The number of amides is 1. The highest BCUT2D eigenvalue weighted by molar-refractivity contribution is 7.09. The number of benzene rings is 1. The van der Waals surface area contributed by atoms with Gasteiger partial charge in [-0.25, -0.2) is 4.98 Å². The predicted octanol–water partition coefficient (Wildman–Crippen LogP) is 1.75. The highest BCUT2D eigenvalue weighted by Crippen LogP contribution is 2.16. The normalized spacial score (nSPS) is 9.75. The van der Waals surface area contributed by atoms with Gasteiger partial charge < -0.3 is 5.11 Å². The maximum atomic E-state index is 12.2. The topological polar surface area (TPSA) is 75.1 Å². The molecule has 102 valence electrons. The maximum absolute atomic E-state index is 12.2. The summed E-state index contributed by atoms with van der Waals surface area (Å²) in [6.07, 6.45) is 0. The summed E-state index contributed by atoms with van der Waals surface area (Å²) in [5, 5.41) is 11.9. The number of carbonyl (C=O) groups excluding carboxylic acids is 1. The second-order valence-corrected chi connectivity index (χ2v) is 4.79. The molecule has 2 aromatic rings. The number of rotatable bonds is 2. The third kappa shape index (κ3) is 3.20. The molecule has 0 spiro atoms. The van der Waals surface area contributed by atoms with Crippen LogP contribution in [0.5, 0.6) is 0 Å². The summed E-state index contributed by atoms with van der Waals surface area (Å²) in [6, 6.07) is 5.29. The Bertz CT molecular complexity index is 698. The fourth-order valence-corrected chi connectivity index (χ4v) is 2.23.